The van der Waals surface area contributed by atoms with E-state index < -0.39 is 0 Å². The topological polar surface area (TPSA) is 58.6 Å². The number of ether oxygens (including phenoxy) is 1. The predicted molar refractivity (Wildman–Crippen MR) is 106 cm³/mol. The van der Waals surface area contributed by atoms with Crippen LogP contribution in [0.3, 0.4) is 0 Å². The molecule has 0 aromatic heterocycles. The Hall–Kier alpha value is -1.88. The Morgan fingerprint density at radius 2 is 1.54 bits per heavy atom. The van der Waals surface area contributed by atoms with Crippen LogP contribution in [-0.2, 0) is 16.1 Å². The first-order chi connectivity index (χ1) is 13.6. The molecule has 5 fully saturated rings. The molecule has 4 bridgehead atoms. The van der Waals surface area contributed by atoms with Crippen LogP contribution in [0.2, 0.25) is 0 Å². The van der Waals surface area contributed by atoms with Gasteiger partial charge < -0.3 is 15.0 Å². The molecule has 1 aliphatic heterocycles. The molecular formula is C23H30N2O3. The summed E-state index contributed by atoms with van der Waals surface area (Å²) in [4.78, 5) is 27.4. The van der Waals surface area contributed by atoms with Gasteiger partial charge in [0.1, 0.15) is 0 Å². The first-order valence-corrected chi connectivity index (χ1v) is 10.9. The lowest BCUT2D eigenvalue weighted by molar-refractivity contribution is -0.146. The average Bonchev–Trinajstić information content (AvgIpc) is 2.71. The first kappa shape index (κ1) is 18.2. The number of carbonyl (C=O) groups is 2. The molecule has 150 valence electrons. The van der Waals surface area contributed by atoms with Crippen molar-refractivity contribution >= 4 is 11.8 Å². The third-order valence-corrected chi connectivity index (χ3v) is 7.47. The summed E-state index contributed by atoms with van der Waals surface area (Å²) in [6, 6.07) is 7.69. The molecule has 1 saturated heterocycles. The van der Waals surface area contributed by atoms with Crippen LogP contribution in [-0.4, -0.2) is 43.0 Å². The zero-order valence-corrected chi connectivity index (χ0v) is 16.5. The van der Waals surface area contributed by atoms with Crippen LogP contribution < -0.4 is 5.32 Å². The molecule has 1 heterocycles. The third kappa shape index (κ3) is 3.34. The smallest absolute Gasteiger partial charge is 0.254 e. The van der Waals surface area contributed by atoms with Gasteiger partial charge in [-0.3, -0.25) is 9.59 Å². The van der Waals surface area contributed by atoms with E-state index in [2.05, 4.69) is 5.32 Å². The van der Waals surface area contributed by atoms with Crippen LogP contribution in [0.15, 0.2) is 24.3 Å². The van der Waals surface area contributed by atoms with Gasteiger partial charge in [-0.2, -0.15) is 0 Å². The van der Waals surface area contributed by atoms with E-state index >= 15 is 0 Å². The monoisotopic (exact) mass is 382 g/mol. The van der Waals surface area contributed by atoms with E-state index in [0.717, 1.165) is 42.6 Å². The van der Waals surface area contributed by atoms with Crippen molar-refractivity contribution < 1.29 is 14.3 Å². The van der Waals surface area contributed by atoms with Crippen LogP contribution in [0, 0.1) is 23.2 Å². The van der Waals surface area contributed by atoms with Gasteiger partial charge in [0.2, 0.25) is 5.91 Å². The Morgan fingerprint density at radius 1 is 0.964 bits per heavy atom. The van der Waals surface area contributed by atoms with Gasteiger partial charge in [-0.1, -0.05) is 12.1 Å². The van der Waals surface area contributed by atoms with Crippen molar-refractivity contribution in [3.63, 3.8) is 0 Å². The molecule has 28 heavy (non-hydrogen) atoms. The van der Waals surface area contributed by atoms with E-state index in [9.17, 15) is 9.59 Å². The molecule has 0 spiro atoms. The quantitative estimate of drug-likeness (QED) is 0.871. The van der Waals surface area contributed by atoms with Gasteiger partial charge in [0, 0.05) is 30.6 Å². The van der Waals surface area contributed by atoms with Gasteiger partial charge in [-0.25, -0.2) is 0 Å². The van der Waals surface area contributed by atoms with E-state index in [1.165, 1.54) is 19.3 Å². The van der Waals surface area contributed by atoms with Gasteiger partial charge in [-0.05, 0) is 74.0 Å². The van der Waals surface area contributed by atoms with Crippen molar-refractivity contribution in [2.24, 2.45) is 23.2 Å². The Morgan fingerprint density at radius 3 is 2.11 bits per heavy atom. The molecule has 4 saturated carbocycles. The molecule has 0 unspecified atom stereocenters. The predicted octanol–water partition coefficient (Wildman–Crippen LogP) is 2.99. The molecule has 1 N–H and O–H groups in total. The van der Waals surface area contributed by atoms with Crippen LogP contribution in [0.1, 0.15) is 54.4 Å². The minimum atomic E-state index is -0.0962. The number of nitrogens with zero attached hydrogens (tertiary/aromatic N) is 1. The molecule has 2 amide bonds. The maximum absolute atomic E-state index is 13.1. The number of nitrogens with one attached hydrogen (secondary N) is 1. The van der Waals surface area contributed by atoms with Crippen molar-refractivity contribution in [2.45, 2.75) is 45.1 Å². The molecule has 1 aromatic rings. The Kier molecular flexibility index (Phi) is 4.66. The number of amides is 2. The summed E-state index contributed by atoms with van der Waals surface area (Å²) in [5.41, 5.74) is 1.66. The molecule has 5 heteroatoms. The summed E-state index contributed by atoms with van der Waals surface area (Å²) in [7, 11) is 0. The lowest BCUT2D eigenvalue weighted by atomic mass is 9.49. The summed E-state index contributed by atoms with van der Waals surface area (Å²) in [5, 5.41) is 3.22. The highest BCUT2D eigenvalue weighted by Gasteiger charge is 2.54. The van der Waals surface area contributed by atoms with Crippen molar-refractivity contribution in [1.29, 1.82) is 0 Å². The summed E-state index contributed by atoms with van der Waals surface area (Å²) in [6.45, 7) is 3.08. The zero-order chi connectivity index (χ0) is 19.1. The minimum Gasteiger partial charge on any atom is -0.378 e. The molecule has 5 aliphatic rings. The molecule has 5 nitrogen and oxygen atoms in total. The van der Waals surface area contributed by atoms with Crippen LogP contribution >= 0.6 is 0 Å². The molecule has 0 radical (unpaired) electrons. The lowest BCUT2D eigenvalue weighted by Gasteiger charge is -2.55. The molecule has 0 atom stereocenters. The highest BCUT2D eigenvalue weighted by atomic mass is 16.5. The summed E-state index contributed by atoms with van der Waals surface area (Å²) in [6.07, 6.45) is 7.34. The summed E-state index contributed by atoms with van der Waals surface area (Å²) in [5.74, 6) is 2.67. The Bertz CT molecular complexity index is 716. The first-order valence-electron chi connectivity index (χ1n) is 10.9. The van der Waals surface area contributed by atoms with E-state index in [-0.39, 0.29) is 17.2 Å². The van der Waals surface area contributed by atoms with Crippen LogP contribution in [0.4, 0.5) is 0 Å². The van der Waals surface area contributed by atoms with Gasteiger partial charge >= 0.3 is 0 Å². The second-order valence-electron chi connectivity index (χ2n) is 9.48. The van der Waals surface area contributed by atoms with Crippen LogP contribution in [0.25, 0.3) is 0 Å². The van der Waals surface area contributed by atoms with Crippen molar-refractivity contribution in [3.05, 3.63) is 35.4 Å². The second kappa shape index (κ2) is 7.18. The second-order valence-corrected chi connectivity index (χ2v) is 9.48. The Balaban J connectivity index is 1.19. The number of benzene rings is 1. The van der Waals surface area contributed by atoms with Gasteiger partial charge in [0.25, 0.3) is 5.91 Å². The molecule has 4 aliphatic carbocycles. The largest absolute Gasteiger partial charge is 0.378 e. The van der Waals surface area contributed by atoms with Crippen molar-refractivity contribution in [3.8, 4) is 0 Å². The number of morpholine rings is 1. The zero-order valence-electron chi connectivity index (χ0n) is 16.5. The lowest BCUT2D eigenvalue weighted by Crippen LogP contribution is -2.53. The van der Waals surface area contributed by atoms with E-state index in [1.807, 2.05) is 29.2 Å². The number of hydrogen-bond acceptors (Lipinski definition) is 3. The van der Waals surface area contributed by atoms with Gasteiger partial charge in [0.15, 0.2) is 0 Å². The number of hydrogen-bond donors (Lipinski definition) is 1. The minimum absolute atomic E-state index is 0.0625. The molecular weight excluding hydrogens is 352 g/mol. The molecule has 1 aromatic carbocycles. The van der Waals surface area contributed by atoms with Crippen molar-refractivity contribution in [2.75, 3.05) is 26.3 Å². The fourth-order valence-corrected chi connectivity index (χ4v) is 6.47. The summed E-state index contributed by atoms with van der Waals surface area (Å²) >= 11 is 0. The van der Waals surface area contributed by atoms with Gasteiger partial charge in [0.05, 0.1) is 13.2 Å². The molecule has 6 rings (SSSR count). The highest BCUT2D eigenvalue weighted by molar-refractivity contribution is 5.94. The van der Waals surface area contributed by atoms with E-state index in [0.29, 0.717) is 38.4 Å². The highest BCUT2D eigenvalue weighted by Crippen LogP contribution is 2.60. The van der Waals surface area contributed by atoms with Crippen molar-refractivity contribution in [1.82, 2.24) is 10.2 Å². The summed E-state index contributed by atoms with van der Waals surface area (Å²) < 4.78 is 5.31. The average molecular weight is 383 g/mol. The fraction of sp³-hybridized carbons (Fsp3) is 0.652. The standard InChI is InChI=1S/C23H30N2O3/c26-21(25-5-7-28-8-6-25)20-3-1-16(2-4-20)15-24-22(27)23-12-17-9-18(13-23)11-19(10-17)14-23/h1-4,17-19H,5-15H2,(H,24,27). The maximum Gasteiger partial charge on any atom is 0.254 e. The third-order valence-electron chi connectivity index (χ3n) is 7.47. The van der Waals surface area contributed by atoms with E-state index in [4.69, 9.17) is 4.74 Å². The van der Waals surface area contributed by atoms with E-state index in [1.54, 1.807) is 0 Å². The Labute approximate surface area is 166 Å². The van der Waals surface area contributed by atoms with Crippen LogP contribution in [0.5, 0.6) is 0 Å². The number of rotatable bonds is 4. The maximum atomic E-state index is 13.1. The SMILES string of the molecule is O=C(c1ccc(CNC(=O)C23CC4CC(CC(C4)C2)C3)cc1)N1CCOCC1. The number of carbonyl (C=O) groups excluding carboxylic acids is 2. The fourth-order valence-electron chi connectivity index (χ4n) is 6.47. The normalized spacial score (nSPS) is 33.7. The van der Waals surface area contributed by atoms with Gasteiger partial charge in [-0.15, -0.1) is 0 Å².